The fraction of sp³-hybridized carbons (Fsp3) is 0.500. The molecule has 0 aromatic rings. The summed E-state index contributed by atoms with van der Waals surface area (Å²) in [5, 5.41) is 6.39. The maximum atomic E-state index is 8.33. The van der Waals surface area contributed by atoms with Crippen LogP contribution in [0.15, 0.2) is 4.99 Å². The number of aliphatic imine (C=N–C) groups is 1. The van der Waals surface area contributed by atoms with Gasteiger partial charge in [-0.1, -0.05) is 0 Å². The SMILES string of the molecule is CN=CC(C=N)SO. The molecule has 46 valence electrons. The number of hydrogen-bond donors (Lipinski definition) is 2. The average molecular weight is 132 g/mol. The van der Waals surface area contributed by atoms with Crippen molar-refractivity contribution in [3.63, 3.8) is 0 Å². The molecule has 0 bridgehead atoms. The van der Waals surface area contributed by atoms with Crippen molar-refractivity contribution in [2.75, 3.05) is 7.05 Å². The fourth-order valence-corrected chi connectivity index (χ4v) is 0.485. The smallest absolute Gasteiger partial charge is 0.1000 e. The number of nitrogens with zero attached hydrogens (tertiary/aromatic N) is 1. The number of hydrogen-bond acceptors (Lipinski definition) is 4. The van der Waals surface area contributed by atoms with Gasteiger partial charge in [-0.3, -0.25) is 4.99 Å². The predicted octanol–water partition coefficient (Wildman–Crippen LogP) is 0.911. The first kappa shape index (κ1) is 7.65. The monoisotopic (exact) mass is 132 g/mol. The second kappa shape index (κ2) is 4.80. The quantitative estimate of drug-likeness (QED) is 0.443. The van der Waals surface area contributed by atoms with Gasteiger partial charge < -0.3 is 9.96 Å². The van der Waals surface area contributed by atoms with Crippen molar-refractivity contribution < 1.29 is 4.55 Å². The lowest BCUT2D eigenvalue weighted by molar-refractivity contribution is 0.665. The molecule has 0 radical (unpaired) electrons. The zero-order valence-electron chi connectivity index (χ0n) is 4.53. The number of nitrogens with one attached hydrogen (secondary N) is 1. The Kier molecular flexibility index (Phi) is 4.59. The van der Waals surface area contributed by atoms with E-state index < -0.39 is 0 Å². The van der Waals surface area contributed by atoms with Gasteiger partial charge in [0, 0.05) is 31.5 Å². The second-order valence-electron chi connectivity index (χ2n) is 1.14. The lowest BCUT2D eigenvalue weighted by atomic mass is 10.5. The van der Waals surface area contributed by atoms with Gasteiger partial charge in [0.15, 0.2) is 0 Å². The fourth-order valence-electron chi connectivity index (χ4n) is 0.248. The van der Waals surface area contributed by atoms with Crippen LogP contribution < -0.4 is 0 Å². The van der Waals surface area contributed by atoms with Crippen molar-refractivity contribution in [3.05, 3.63) is 0 Å². The minimum atomic E-state index is -0.278. The highest BCUT2D eigenvalue weighted by Gasteiger charge is 1.96. The topological polar surface area (TPSA) is 56.4 Å². The van der Waals surface area contributed by atoms with E-state index in [4.69, 9.17) is 9.96 Å². The molecular weight excluding hydrogens is 124 g/mol. The predicted molar refractivity (Wildman–Crippen MR) is 37.2 cm³/mol. The van der Waals surface area contributed by atoms with Crippen molar-refractivity contribution in [1.29, 1.82) is 5.41 Å². The zero-order valence-corrected chi connectivity index (χ0v) is 5.35. The molecule has 3 nitrogen and oxygen atoms in total. The molecule has 0 fully saturated rings. The van der Waals surface area contributed by atoms with Crippen LogP contribution in [0.5, 0.6) is 0 Å². The maximum Gasteiger partial charge on any atom is 0.1000 e. The van der Waals surface area contributed by atoms with Crippen LogP contribution in [0.3, 0.4) is 0 Å². The molecule has 0 aliphatic heterocycles. The van der Waals surface area contributed by atoms with E-state index in [0.29, 0.717) is 12.0 Å². The van der Waals surface area contributed by atoms with Gasteiger partial charge in [0.1, 0.15) is 0 Å². The molecule has 0 aliphatic carbocycles. The van der Waals surface area contributed by atoms with Gasteiger partial charge in [0.25, 0.3) is 0 Å². The first-order valence-corrected chi connectivity index (χ1v) is 2.92. The van der Waals surface area contributed by atoms with Crippen LogP contribution in [0.25, 0.3) is 0 Å². The third-order valence-electron chi connectivity index (χ3n) is 0.582. The molecule has 4 heteroatoms. The van der Waals surface area contributed by atoms with Gasteiger partial charge in [-0.2, -0.15) is 0 Å². The van der Waals surface area contributed by atoms with E-state index in [1.54, 1.807) is 7.05 Å². The van der Waals surface area contributed by atoms with Gasteiger partial charge in [-0.15, -0.1) is 0 Å². The summed E-state index contributed by atoms with van der Waals surface area (Å²) in [5.74, 6) is 0. The minimum Gasteiger partial charge on any atom is -0.329 e. The summed E-state index contributed by atoms with van der Waals surface area (Å²) in [6.45, 7) is 0. The summed E-state index contributed by atoms with van der Waals surface area (Å²) in [7, 11) is 1.60. The third kappa shape index (κ3) is 2.76. The second-order valence-corrected chi connectivity index (χ2v) is 1.90. The maximum absolute atomic E-state index is 8.33. The van der Waals surface area contributed by atoms with Crippen LogP contribution in [0, 0.1) is 5.41 Å². The van der Waals surface area contributed by atoms with E-state index in [0.717, 1.165) is 6.21 Å². The highest BCUT2D eigenvalue weighted by molar-refractivity contribution is 7.95. The Morgan fingerprint density at radius 3 is 2.62 bits per heavy atom. The van der Waals surface area contributed by atoms with Gasteiger partial charge in [-0.05, 0) is 0 Å². The van der Waals surface area contributed by atoms with Crippen LogP contribution in [-0.2, 0) is 0 Å². The van der Waals surface area contributed by atoms with Crippen LogP contribution in [-0.4, -0.2) is 29.3 Å². The Balaban J connectivity index is 3.52. The molecule has 0 spiro atoms. The molecule has 0 amide bonds. The highest BCUT2D eigenvalue weighted by atomic mass is 32.2. The first-order chi connectivity index (χ1) is 3.85. The van der Waals surface area contributed by atoms with Crippen molar-refractivity contribution in [2.24, 2.45) is 4.99 Å². The molecule has 0 aromatic heterocycles. The van der Waals surface area contributed by atoms with E-state index in [2.05, 4.69) is 4.99 Å². The van der Waals surface area contributed by atoms with Crippen molar-refractivity contribution in [1.82, 2.24) is 0 Å². The van der Waals surface area contributed by atoms with Crippen LogP contribution in [0.1, 0.15) is 0 Å². The molecule has 0 rings (SSSR count). The highest BCUT2D eigenvalue weighted by Crippen LogP contribution is 1.97. The molecule has 1 unspecified atom stereocenters. The van der Waals surface area contributed by atoms with E-state index >= 15 is 0 Å². The summed E-state index contributed by atoms with van der Waals surface area (Å²) < 4.78 is 8.33. The standard InChI is InChI=1S/C4H8N2OS/c1-6-3-4(2-5)8-7/h2-5,7H,1H3. The van der Waals surface area contributed by atoms with E-state index in [-0.39, 0.29) is 5.25 Å². The van der Waals surface area contributed by atoms with Gasteiger partial charge in [-0.25, -0.2) is 0 Å². The average Bonchev–Trinajstić information content (AvgIpc) is 1.83. The summed E-state index contributed by atoms with van der Waals surface area (Å²) in [5.41, 5.74) is 0. The molecule has 2 N–H and O–H groups in total. The normalized spacial score (nSPS) is 14.2. The van der Waals surface area contributed by atoms with Crippen LogP contribution in [0.4, 0.5) is 0 Å². The van der Waals surface area contributed by atoms with Crippen molar-refractivity contribution in [3.8, 4) is 0 Å². The lowest BCUT2D eigenvalue weighted by Crippen LogP contribution is -2.03. The molecule has 1 atom stereocenters. The van der Waals surface area contributed by atoms with Gasteiger partial charge in [0.05, 0.1) is 5.25 Å². The molecule has 0 saturated heterocycles. The Bertz CT molecular complexity index is 94.0. The largest absolute Gasteiger partial charge is 0.329 e. The van der Waals surface area contributed by atoms with Crippen molar-refractivity contribution >= 4 is 24.5 Å². The van der Waals surface area contributed by atoms with E-state index in [9.17, 15) is 0 Å². The third-order valence-corrected chi connectivity index (χ3v) is 1.08. The minimum absolute atomic E-state index is 0.278. The van der Waals surface area contributed by atoms with Gasteiger partial charge in [0.2, 0.25) is 0 Å². The molecule has 0 saturated carbocycles. The van der Waals surface area contributed by atoms with Gasteiger partial charge >= 0.3 is 0 Å². The zero-order chi connectivity index (χ0) is 6.41. The number of rotatable bonds is 3. The summed E-state index contributed by atoms with van der Waals surface area (Å²) >= 11 is 0.602. The van der Waals surface area contributed by atoms with E-state index in [1.807, 2.05) is 0 Å². The Hall–Kier alpha value is -0.350. The molecule has 0 aliphatic rings. The summed E-state index contributed by atoms with van der Waals surface area (Å²) in [6.07, 6.45) is 2.62. The molecule has 0 aromatic carbocycles. The summed E-state index contributed by atoms with van der Waals surface area (Å²) in [6, 6.07) is 0. The lowest BCUT2D eigenvalue weighted by Gasteiger charge is -1.93. The Morgan fingerprint density at radius 1 is 1.88 bits per heavy atom. The Morgan fingerprint density at radius 2 is 2.50 bits per heavy atom. The summed E-state index contributed by atoms with van der Waals surface area (Å²) in [4.78, 5) is 3.62. The molecular formula is C4H8N2OS. The Labute approximate surface area is 52.5 Å². The molecule has 0 heterocycles. The van der Waals surface area contributed by atoms with Crippen molar-refractivity contribution in [2.45, 2.75) is 5.25 Å². The first-order valence-electron chi connectivity index (χ1n) is 2.08. The van der Waals surface area contributed by atoms with Crippen LogP contribution in [0.2, 0.25) is 0 Å². The van der Waals surface area contributed by atoms with Crippen LogP contribution >= 0.6 is 12.0 Å². The molecule has 8 heavy (non-hydrogen) atoms. The van der Waals surface area contributed by atoms with E-state index in [1.165, 1.54) is 6.21 Å².